The van der Waals surface area contributed by atoms with E-state index in [1.807, 2.05) is 55.5 Å². The van der Waals surface area contributed by atoms with Gasteiger partial charge in [-0.1, -0.05) is 91.5 Å². The highest BCUT2D eigenvalue weighted by Crippen LogP contribution is 2.32. The minimum Gasteiger partial charge on any atom is -0.284 e. The number of amidine groups is 1. The molecule has 3 aromatic carbocycles. The molecule has 140 valence electrons. The van der Waals surface area contributed by atoms with Gasteiger partial charge in [0.15, 0.2) is 5.17 Å². The largest absolute Gasteiger partial charge is 0.284 e. The van der Waals surface area contributed by atoms with E-state index in [0.29, 0.717) is 11.7 Å². The van der Waals surface area contributed by atoms with E-state index in [2.05, 4.69) is 34.5 Å². The molecular formula is C23H21N3OS. The molecule has 1 amide bonds. The summed E-state index contributed by atoms with van der Waals surface area (Å²) in [6.07, 6.45) is 2.49. The number of fused-ring (bicyclic) bond motifs is 1. The Kier molecular flexibility index (Phi) is 5.53. The van der Waals surface area contributed by atoms with Crippen LogP contribution in [-0.2, 0) is 11.3 Å². The molecule has 4 rings (SSSR count). The average Bonchev–Trinajstić information content (AvgIpc) is 3.04. The summed E-state index contributed by atoms with van der Waals surface area (Å²) in [7, 11) is 0. The van der Waals surface area contributed by atoms with Crippen LogP contribution in [0.2, 0.25) is 0 Å². The number of nitrogens with zero attached hydrogens (tertiary/aromatic N) is 3. The molecule has 3 aromatic rings. The van der Waals surface area contributed by atoms with Crippen LogP contribution in [0.25, 0.3) is 10.8 Å². The molecule has 0 bridgehead atoms. The summed E-state index contributed by atoms with van der Waals surface area (Å²) in [4.78, 5) is 14.7. The molecule has 1 fully saturated rings. The van der Waals surface area contributed by atoms with Crippen LogP contribution >= 0.6 is 11.8 Å². The number of hydrogen-bond donors (Lipinski definition) is 0. The minimum absolute atomic E-state index is 0.0966. The second kappa shape index (κ2) is 8.40. The molecule has 0 spiro atoms. The van der Waals surface area contributed by atoms with Crippen molar-refractivity contribution in [3.63, 3.8) is 0 Å². The molecule has 1 aliphatic rings. The molecule has 1 aliphatic heterocycles. The standard InChI is InChI=1S/C23H21N3OS/c1-2-21-22(27)26(16-19-13-8-12-18-11-6-7-14-20(18)19)23(28-21)25-24-15-17-9-4-3-5-10-17/h3-15,21H,2,16H2,1H3/b24-15+,25-23-. The van der Waals surface area contributed by atoms with Gasteiger partial charge >= 0.3 is 0 Å². The van der Waals surface area contributed by atoms with Crippen LogP contribution in [0, 0.1) is 0 Å². The zero-order valence-corrected chi connectivity index (χ0v) is 16.5. The third kappa shape index (κ3) is 3.85. The smallest absolute Gasteiger partial charge is 0.242 e. The van der Waals surface area contributed by atoms with Crippen molar-refractivity contribution in [1.29, 1.82) is 0 Å². The highest BCUT2D eigenvalue weighted by Gasteiger charge is 2.37. The Bertz CT molecular complexity index is 1040. The van der Waals surface area contributed by atoms with Crippen LogP contribution < -0.4 is 0 Å². The zero-order valence-electron chi connectivity index (χ0n) is 15.7. The number of benzene rings is 3. The molecule has 5 heteroatoms. The summed E-state index contributed by atoms with van der Waals surface area (Å²) >= 11 is 1.50. The lowest BCUT2D eigenvalue weighted by Gasteiger charge is -2.17. The van der Waals surface area contributed by atoms with E-state index < -0.39 is 0 Å². The third-order valence-corrected chi connectivity index (χ3v) is 6.08. The van der Waals surface area contributed by atoms with Gasteiger partial charge in [0.05, 0.1) is 18.0 Å². The summed E-state index contributed by atoms with van der Waals surface area (Å²) in [6, 6.07) is 24.3. The van der Waals surface area contributed by atoms with E-state index in [-0.39, 0.29) is 11.2 Å². The minimum atomic E-state index is -0.0966. The summed E-state index contributed by atoms with van der Waals surface area (Å²) in [5, 5.41) is 11.5. The topological polar surface area (TPSA) is 45.0 Å². The summed E-state index contributed by atoms with van der Waals surface area (Å²) in [5.74, 6) is 0.106. The fraction of sp³-hybridized carbons (Fsp3) is 0.174. The van der Waals surface area contributed by atoms with Gasteiger partial charge in [-0.3, -0.25) is 9.69 Å². The van der Waals surface area contributed by atoms with Crippen molar-refractivity contribution in [2.45, 2.75) is 25.1 Å². The van der Waals surface area contributed by atoms with Crippen LogP contribution in [0.5, 0.6) is 0 Å². The highest BCUT2D eigenvalue weighted by molar-refractivity contribution is 8.15. The molecule has 0 radical (unpaired) electrons. The third-order valence-electron chi connectivity index (χ3n) is 4.75. The van der Waals surface area contributed by atoms with Gasteiger partial charge in [-0.2, -0.15) is 5.10 Å². The van der Waals surface area contributed by atoms with E-state index in [0.717, 1.165) is 22.9 Å². The summed E-state index contributed by atoms with van der Waals surface area (Å²) in [6.45, 7) is 2.53. The number of hydrogen-bond acceptors (Lipinski definition) is 4. The first kappa shape index (κ1) is 18.4. The Morgan fingerprint density at radius 3 is 2.57 bits per heavy atom. The summed E-state index contributed by atoms with van der Waals surface area (Å²) < 4.78 is 0. The van der Waals surface area contributed by atoms with E-state index in [1.165, 1.54) is 17.1 Å². The van der Waals surface area contributed by atoms with Crippen molar-refractivity contribution in [2.24, 2.45) is 10.2 Å². The molecule has 1 saturated heterocycles. The Balaban J connectivity index is 1.63. The van der Waals surface area contributed by atoms with Gasteiger partial charge in [0.2, 0.25) is 5.91 Å². The predicted octanol–water partition coefficient (Wildman–Crippen LogP) is 5.08. The average molecular weight is 388 g/mol. The molecule has 0 N–H and O–H groups in total. The van der Waals surface area contributed by atoms with Crippen LogP contribution in [0.3, 0.4) is 0 Å². The number of amides is 1. The maximum Gasteiger partial charge on any atom is 0.242 e. The molecule has 1 heterocycles. The zero-order chi connectivity index (χ0) is 19.3. The quantitative estimate of drug-likeness (QED) is 0.452. The van der Waals surface area contributed by atoms with Crippen molar-refractivity contribution in [2.75, 3.05) is 0 Å². The molecule has 4 nitrogen and oxygen atoms in total. The fourth-order valence-corrected chi connectivity index (χ4v) is 4.30. The van der Waals surface area contributed by atoms with Crippen molar-refractivity contribution < 1.29 is 4.79 Å². The molecule has 0 aromatic heterocycles. The maximum atomic E-state index is 12.9. The lowest BCUT2D eigenvalue weighted by molar-refractivity contribution is -0.126. The second-order valence-corrected chi connectivity index (χ2v) is 7.79. The molecule has 0 saturated carbocycles. The van der Waals surface area contributed by atoms with Crippen LogP contribution in [0.15, 0.2) is 83.0 Å². The Morgan fingerprint density at radius 2 is 1.75 bits per heavy atom. The van der Waals surface area contributed by atoms with Crippen molar-refractivity contribution in [1.82, 2.24) is 4.90 Å². The SMILES string of the molecule is CCC1S/C(=N\N=C\c2ccccc2)N(Cc2cccc3ccccc23)C1=O. The lowest BCUT2D eigenvalue weighted by Crippen LogP contribution is -2.31. The second-order valence-electron chi connectivity index (χ2n) is 6.62. The van der Waals surface area contributed by atoms with Crippen LogP contribution in [0.1, 0.15) is 24.5 Å². The highest BCUT2D eigenvalue weighted by atomic mass is 32.2. The molecule has 1 atom stereocenters. The maximum absolute atomic E-state index is 12.9. The van der Waals surface area contributed by atoms with Gasteiger partial charge in [0, 0.05) is 0 Å². The van der Waals surface area contributed by atoms with Crippen LogP contribution in [0.4, 0.5) is 0 Å². The Labute approximate surface area is 169 Å². The first-order valence-corrected chi connectivity index (χ1v) is 10.2. The number of carbonyl (C=O) groups is 1. The fourth-order valence-electron chi connectivity index (χ4n) is 3.28. The molecule has 1 unspecified atom stereocenters. The monoisotopic (exact) mass is 387 g/mol. The number of thioether (sulfide) groups is 1. The van der Waals surface area contributed by atoms with Crippen molar-refractivity contribution in [3.8, 4) is 0 Å². The first-order valence-electron chi connectivity index (χ1n) is 9.37. The summed E-state index contributed by atoms with van der Waals surface area (Å²) in [5.41, 5.74) is 2.09. The van der Waals surface area contributed by atoms with Gasteiger partial charge in [-0.05, 0) is 28.3 Å². The molecule has 28 heavy (non-hydrogen) atoms. The number of rotatable bonds is 5. The number of carbonyl (C=O) groups excluding carboxylic acids is 1. The van der Waals surface area contributed by atoms with Gasteiger partial charge in [0.25, 0.3) is 0 Å². The normalized spacial score (nSPS) is 18.6. The Morgan fingerprint density at radius 1 is 1.00 bits per heavy atom. The van der Waals surface area contributed by atoms with Gasteiger partial charge in [0.1, 0.15) is 0 Å². The first-order chi connectivity index (χ1) is 13.8. The molecule has 0 aliphatic carbocycles. The lowest BCUT2D eigenvalue weighted by atomic mass is 10.0. The van der Waals surface area contributed by atoms with E-state index in [4.69, 9.17) is 0 Å². The van der Waals surface area contributed by atoms with Crippen molar-refractivity contribution >= 4 is 39.8 Å². The predicted molar refractivity (Wildman–Crippen MR) is 118 cm³/mol. The molecular weight excluding hydrogens is 366 g/mol. The van der Waals surface area contributed by atoms with E-state index >= 15 is 0 Å². The van der Waals surface area contributed by atoms with Gasteiger partial charge in [-0.15, -0.1) is 5.10 Å². The van der Waals surface area contributed by atoms with E-state index in [9.17, 15) is 4.79 Å². The van der Waals surface area contributed by atoms with Crippen LogP contribution in [-0.4, -0.2) is 27.4 Å². The Hall–Kier alpha value is -2.92. The van der Waals surface area contributed by atoms with E-state index in [1.54, 1.807) is 11.1 Å². The van der Waals surface area contributed by atoms with Crippen molar-refractivity contribution in [3.05, 3.63) is 83.9 Å². The van der Waals surface area contributed by atoms with Gasteiger partial charge < -0.3 is 0 Å². The van der Waals surface area contributed by atoms with Gasteiger partial charge in [-0.25, -0.2) is 0 Å².